The topological polar surface area (TPSA) is 41.6 Å². The van der Waals surface area contributed by atoms with Crippen LogP contribution >= 0.6 is 11.6 Å². The number of carbonyl (C=O) groups is 1. The fourth-order valence-electron chi connectivity index (χ4n) is 2.37. The molecule has 104 valence electrons. The van der Waals surface area contributed by atoms with Gasteiger partial charge < -0.3 is 15.0 Å². The van der Waals surface area contributed by atoms with Gasteiger partial charge in [-0.2, -0.15) is 0 Å². The summed E-state index contributed by atoms with van der Waals surface area (Å²) in [5, 5.41) is 3.96. The highest BCUT2D eigenvalue weighted by atomic mass is 35.5. The minimum atomic E-state index is 0.0245. The zero-order valence-electron chi connectivity index (χ0n) is 11.2. The summed E-state index contributed by atoms with van der Waals surface area (Å²) in [6.07, 6.45) is 0. The summed E-state index contributed by atoms with van der Waals surface area (Å²) in [4.78, 5) is 14.1. The third-order valence-corrected chi connectivity index (χ3v) is 3.55. The van der Waals surface area contributed by atoms with Crippen LogP contribution in [0.5, 0.6) is 5.75 Å². The van der Waals surface area contributed by atoms with E-state index in [9.17, 15) is 4.79 Å². The van der Waals surface area contributed by atoms with E-state index in [0.29, 0.717) is 10.8 Å². The van der Waals surface area contributed by atoms with Gasteiger partial charge in [0.05, 0.1) is 0 Å². The first-order valence-electron chi connectivity index (χ1n) is 6.48. The zero-order valence-corrected chi connectivity index (χ0v) is 12.0. The fourth-order valence-corrected chi connectivity index (χ4v) is 2.50. The van der Waals surface area contributed by atoms with Crippen molar-refractivity contribution in [1.82, 2.24) is 10.2 Å². The SMILES string of the molecule is CC1CNCC(C)N1C(=O)COc1ccc(Cl)cc1. The summed E-state index contributed by atoms with van der Waals surface area (Å²) >= 11 is 5.80. The number of amides is 1. The third kappa shape index (κ3) is 3.61. The lowest BCUT2D eigenvalue weighted by atomic mass is 10.1. The lowest BCUT2D eigenvalue weighted by Gasteiger charge is -2.39. The quantitative estimate of drug-likeness (QED) is 0.921. The van der Waals surface area contributed by atoms with Crippen LogP contribution in [0.4, 0.5) is 0 Å². The molecule has 1 aliphatic heterocycles. The molecule has 0 radical (unpaired) electrons. The van der Waals surface area contributed by atoms with Gasteiger partial charge in [-0.3, -0.25) is 4.79 Å². The number of piperazine rings is 1. The molecule has 1 heterocycles. The molecule has 2 rings (SSSR count). The zero-order chi connectivity index (χ0) is 13.8. The van der Waals surface area contributed by atoms with Crippen molar-refractivity contribution in [3.63, 3.8) is 0 Å². The highest BCUT2D eigenvalue weighted by Gasteiger charge is 2.28. The number of halogens is 1. The van der Waals surface area contributed by atoms with Crippen molar-refractivity contribution in [2.45, 2.75) is 25.9 Å². The van der Waals surface area contributed by atoms with Gasteiger partial charge >= 0.3 is 0 Å². The van der Waals surface area contributed by atoms with E-state index in [-0.39, 0.29) is 24.6 Å². The molecule has 4 nitrogen and oxygen atoms in total. The molecular formula is C14H19ClN2O2. The standard InChI is InChI=1S/C14H19ClN2O2/c1-10-7-16-8-11(2)17(10)14(18)9-19-13-5-3-12(15)4-6-13/h3-6,10-11,16H,7-9H2,1-2H3. The number of benzene rings is 1. The van der Waals surface area contributed by atoms with Crippen molar-refractivity contribution in [2.75, 3.05) is 19.7 Å². The van der Waals surface area contributed by atoms with E-state index >= 15 is 0 Å². The summed E-state index contributed by atoms with van der Waals surface area (Å²) in [7, 11) is 0. The number of hydrogen-bond donors (Lipinski definition) is 1. The first-order valence-corrected chi connectivity index (χ1v) is 6.86. The number of nitrogens with zero attached hydrogens (tertiary/aromatic N) is 1. The molecule has 2 unspecified atom stereocenters. The summed E-state index contributed by atoms with van der Waals surface area (Å²) < 4.78 is 5.50. The third-order valence-electron chi connectivity index (χ3n) is 3.29. The van der Waals surface area contributed by atoms with Crippen molar-refractivity contribution in [2.24, 2.45) is 0 Å². The largest absolute Gasteiger partial charge is 0.484 e. The average molecular weight is 283 g/mol. The van der Waals surface area contributed by atoms with Crippen LogP contribution in [-0.2, 0) is 4.79 Å². The molecule has 1 amide bonds. The predicted octanol–water partition coefficient (Wildman–Crippen LogP) is 1.93. The van der Waals surface area contributed by atoms with Gasteiger partial charge in [0.1, 0.15) is 5.75 Å². The molecule has 19 heavy (non-hydrogen) atoms. The van der Waals surface area contributed by atoms with Crippen LogP contribution in [0, 0.1) is 0 Å². The number of rotatable bonds is 3. The van der Waals surface area contributed by atoms with Crippen molar-refractivity contribution in [3.8, 4) is 5.75 Å². The van der Waals surface area contributed by atoms with E-state index in [1.807, 2.05) is 18.7 Å². The molecule has 1 aromatic rings. The van der Waals surface area contributed by atoms with Crippen LogP contribution in [-0.4, -0.2) is 42.6 Å². The lowest BCUT2D eigenvalue weighted by molar-refractivity contribution is -0.138. The number of hydrogen-bond acceptors (Lipinski definition) is 3. The van der Waals surface area contributed by atoms with Crippen LogP contribution in [0.2, 0.25) is 5.02 Å². The molecular weight excluding hydrogens is 264 g/mol. The first-order chi connectivity index (χ1) is 9.08. The summed E-state index contributed by atoms with van der Waals surface area (Å²) in [5.74, 6) is 0.685. The van der Waals surface area contributed by atoms with Gasteiger partial charge in [-0.05, 0) is 38.1 Å². The van der Waals surface area contributed by atoms with Crippen LogP contribution in [0.25, 0.3) is 0 Å². The van der Waals surface area contributed by atoms with Gasteiger partial charge in [-0.1, -0.05) is 11.6 Å². The Morgan fingerprint density at radius 3 is 2.47 bits per heavy atom. The molecule has 0 aliphatic carbocycles. The monoisotopic (exact) mass is 282 g/mol. The molecule has 1 aliphatic rings. The molecule has 0 aromatic heterocycles. The molecule has 5 heteroatoms. The van der Waals surface area contributed by atoms with Gasteiger partial charge in [0.15, 0.2) is 6.61 Å². The number of carbonyl (C=O) groups excluding carboxylic acids is 1. The second-order valence-electron chi connectivity index (χ2n) is 4.90. The molecule has 2 atom stereocenters. The number of nitrogens with one attached hydrogen (secondary N) is 1. The maximum absolute atomic E-state index is 12.2. The Morgan fingerprint density at radius 1 is 1.32 bits per heavy atom. The predicted molar refractivity (Wildman–Crippen MR) is 75.6 cm³/mol. The van der Waals surface area contributed by atoms with E-state index < -0.39 is 0 Å². The van der Waals surface area contributed by atoms with Gasteiger partial charge in [-0.25, -0.2) is 0 Å². The minimum Gasteiger partial charge on any atom is -0.484 e. The van der Waals surface area contributed by atoms with Crippen LogP contribution < -0.4 is 10.1 Å². The van der Waals surface area contributed by atoms with Gasteiger partial charge in [0.25, 0.3) is 5.91 Å². The Morgan fingerprint density at radius 2 is 1.89 bits per heavy atom. The maximum atomic E-state index is 12.2. The Hall–Kier alpha value is -1.26. The highest BCUT2D eigenvalue weighted by Crippen LogP contribution is 2.16. The summed E-state index contributed by atoms with van der Waals surface area (Å²) in [6, 6.07) is 7.42. The van der Waals surface area contributed by atoms with E-state index in [1.54, 1.807) is 24.3 Å². The Labute approximate surface area is 118 Å². The maximum Gasteiger partial charge on any atom is 0.261 e. The smallest absolute Gasteiger partial charge is 0.261 e. The highest BCUT2D eigenvalue weighted by molar-refractivity contribution is 6.30. The normalized spacial score (nSPS) is 23.2. The molecule has 1 fully saturated rings. The minimum absolute atomic E-state index is 0.0245. The van der Waals surface area contributed by atoms with E-state index in [0.717, 1.165) is 13.1 Å². The summed E-state index contributed by atoms with van der Waals surface area (Å²) in [6.45, 7) is 5.82. The van der Waals surface area contributed by atoms with Crippen LogP contribution in [0.15, 0.2) is 24.3 Å². The second kappa shape index (κ2) is 6.26. The molecule has 0 bridgehead atoms. The molecule has 1 aromatic carbocycles. The average Bonchev–Trinajstić information content (AvgIpc) is 2.38. The summed E-state index contributed by atoms with van der Waals surface area (Å²) in [5.41, 5.74) is 0. The van der Waals surface area contributed by atoms with E-state index in [1.165, 1.54) is 0 Å². The van der Waals surface area contributed by atoms with Crippen molar-refractivity contribution in [1.29, 1.82) is 0 Å². The molecule has 0 saturated carbocycles. The van der Waals surface area contributed by atoms with Crippen molar-refractivity contribution in [3.05, 3.63) is 29.3 Å². The first kappa shape index (κ1) is 14.2. The Balaban J connectivity index is 1.91. The van der Waals surface area contributed by atoms with Crippen LogP contribution in [0.1, 0.15) is 13.8 Å². The van der Waals surface area contributed by atoms with Crippen molar-refractivity contribution < 1.29 is 9.53 Å². The van der Waals surface area contributed by atoms with Crippen LogP contribution in [0.3, 0.4) is 0 Å². The molecule has 1 saturated heterocycles. The number of ether oxygens (including phenoxy) is 1. The van der Waals surface area contributed by atoms with Gasteiger partial charge in [-0.15, -0.1) is 0 Å². The lowest BCUT2D eigenvalue weighted by Crippen LogP contribution is -2.58. The second-order valence-corrected chi connectivity index (χ2v) is 5.34. The van der Waals surface area contributed by atoms with Crippen molar-refractivity contribution >= 4 is 17.5 Å². The van der Waals surface area contributed by atoms with E-state index in [2.05, 4.69) is 5.32 Å². The molecule has 1 N–H and O–H groups in total. The van der Waals surface area contributed by atoms with E-state index in [4.69, 9.17) is 16.3 Å². The molecule has 0 spiro atoms. The fraction of sp³-hybridized carbons (Fsp3) is 0.500. The van der Waals surface area contributed by atoms with Gasteiger partial charge in [0.2, 0.25) is 0 Å². The Bertz CT molecular complexity index is 426. The Kier molecular flexibility index (Phi) is 4.66. The van der Waals surface area contributed by atoms with Gasteiger partial charge in [0, 0.05) is 30.2 Å².